The minimum Gasteiger partial charge on any atom is -0.456 e. The molecule has 0 amide bonds. The van der Waals surface area contributed by atoms with Crippen LogP contribution in [0.3, 0.4) is 0 Å². The van der Waals surface area contributed by atoms with E-state index in [0.29, 0.717) is 0 Å². The highest BCUT2D eigenvalue weighted by molar-refractivity contribution is 6.11. The fraction of sp³-hybridized carbons (Fsp3) is 0. The van der Waals surface area contributed by atoms with Crippen LogP contribution in [0.1, 0.15) is 0 Å². The summed E-state index contributed by atoms with van der Waals surface area (Å²) in [5, 5.41) is 2.40. The predicted octanol–water partition coefficient (Wildman–Crippen LogP) is 13.3. The summed E-state index contributed by atoms with van der Waals surface area (Å²) in [6.07, 6.45) is 0. The average molecular weight is 654 g/mol. The van der Waals surface area contributed by atoms with Crippen molar-refractivity contribution in [3.8, 4) is 73.2 Å². The Morgan fingerprint density at radius 3 is 1.67 bits per heavy atom. The van der Waals surface area contributed by atoms with Crippen LogP contribution < -0.4 is 9.47 Å². The van der Waals surface area contributed by atoms with Gasteiger partial charge < -0.3 is 14.0 Å². The van der Waals surface area contributed by atoms with Gasteiger partial charge >= 0.3 is 0 Å². The quantitative estimate of drug-likeness (QED) is 0.189. The predicted molar refractivity (Wildman–Crippen MR) is 209 cm³/mol. The molecule has 1 aliphatic rings. The number of nitrogens with zero attached hydrogens (tertiary/aromatic N) is 1. The maximum atomic E-state index is 7.00. The van der Waals surface area contributed by atoms with Crippen LogP contribution in [0.15, 0.2) is 188 Å². The van der Waals surface area contributed by atoms with E-state index in [1.807, 2.05) is 36.4 Å². The number of ether oxygens (including phenoxy) is 2. The standard InChI is InChI=1S/C48H31NO2/c1-3-14-32(15-4-1)33-27-29-46-41(30-33)48-36(21-13-25-47(48)51-45-24-12-9-20-39(45)38-19-8-11-23-44(38)50-46)34-26-28-43-40(31-34)37-18-7-10-22-42(37)49(43)35-16-5-2-6-17-35/h1-31H. The number of hydrogen-bond donors (Lipinski definition) is 0. The lowest BCUT2D eigenvalue weighted by molar-refractivity contribution is 0.472. The molecule has 0 saturated carbocycles. The molecule has 3 heteroatoms. The number of benzene rings is 8. The minimum atomic E-state index is 0.764. The van der Waals surface area contributed by atoms with Gasteiger partial charge in [-0.2, -0.15) is 0 Å². The van der Waals surface area contributed by atoms with Crippen LogP contribution in [0.25, 0.3) is 72.0 Å². The molecule has 1 aromatic heterocycles. The van der Waals surface area contributed by atoms with Crippen LogP contribution in [-0.4, -0.2) is 4.57 Å². The summed E-state index contributed by atoms with van der Waals surface area (Å²) < 4.78 is 16.3. The van der Waals surface area contributed by atoms with Crippen molar-refractivity contribution >= 4 is 21.8 Å². The summed E-state index contributed by atoms with van der Waals surface area (Å²) in [5.74, 6) is 3.08. The van der Waals surface area contributed by atoms with Gasteiger partial charge in [-0.15, -0.1) is 0 Å². The number of hydrogen-bond acceptors (Lipinski definition) is 2. The van der Waals surface area contributed by atoms with Crippen molar-refractivity contribution in [3.63, 3.8) is 0 Å². The van der Waals surface area contributed by atoms with Gasteiger partial charge in [0.15, 0.2) is 0 Å². The van der Waals surface area contributed by atoms with Crippen molar-refractivity contribution in [2.45, 2.75) is 0 Å². The summed E-state index contributed by atoms with van der Waals surface area (Å²) in [7, 11) is 0. The summed E-state index contributed by atoms with van der Waals surface area (Å²) in [5.41, 5.74) is 11.8. The summed E-state index contributed by atoms with van der Waals surface area (Å²) in [4.78, 5) is 0. The van der Waals surface area contributed by atoms with Gasteiger partial charge in [0.25, 0.3) is 0 Å². The fourth-order valence-corrected chi connectivity index (χ4v) is 7.55. The molecule has 10 rings (SSSR count). The molecule has 1 aliphatic heterocycles. The van der Waals surface area contributed by atoms with Crippen molar-refractivity contribution in [1.82, 2.24) is 4.57 Å². The van der Waals surface area contributed by atoms with Crippen LogP contribution in [0.5, 0.6) is 23.0 Å². The molecule has 8 aromatic carbocycles. The van der Waals surface area contributed by atoms with Crippen molar-refractivity contribution in [3.05, 3.63) is 188 Å². The molecule has 0 atom stereocenters. The maximum absolute atomic E-state index is 7.00. The molecule has 0 saturated heterocycles. The monoisotopic (exact) mass is 653 g/mol. The number of fused-ring (bicyclic) bond motifs is 9. The van der Waals surface area contributed by atoms with E-state index in [1.54, 1.807) is 0 Å². The molecule has 0 N–H and O–H groups in total. The molecule has 0 radical (unpaired) electrons. The lowest BCUT2D eigenvalue weighted by atomic mass is 9.90. The van der Waals surface area contributed by atoms with Crippen molar-refractivity contribution in [2.24, 2.45) is 0 Å². The van der Waals surface area contributed by atoms with E-state index in [0.717, 1.165) is 78.7 Å². The van der Waals surface area contributed by atoms with Crippen molar-refractivity contribution < 1.29 is 9.47 Å². The van der Waals surface area contributed by atoms with E-state index in [-0.39, 0.29) is 0 Å². The summed E-state index contributed by atoms with van der Waals surface area (Å²) >= 11 is 0. The zero-order valence-electron chi connectivity index (χ0n) is 27.7. The molecule has 0 aliphatic carbocycles. The molecule has 0 bridgehead atoms. The second-order valence-corrected chi connectivity index (χ2v) is 12.9. The van der Waals surface area contributed by atoms with Gasteiger partial charge in [0.1, 0.15) is 23.0 Å². The minimum absolute atomic E-state index is 0.764. The van der Waals surface area contributed by atoms with E-state index >= 15 is 0 Å². The smallest absolute Gasteiger partial charge is 0.136 e. The molecule has 0 unspecified atom stereocenters. The first kappa shape index (κ1) is 29.1. The molecule has 2 heterocycles. The topological polar surface area (TPSA) is 23.4 Å². The second kappa shape index (κ2) is 11.9. The number of aromatic nitrogens is 1. The van der Waals surface area contributed by atoms with Gasteiger partial charge in [-0.1, -0.05) is 127 Å². The Kier molecular flexibility index (Phi) is 6.81. The Balaban J connectivity index is 1.26. The van der Waals surface area contributed by atoms with E-state index < -0.39 is 0 Å². The number of para-hydroxylation sites is 4. The highest BCUT2D eigenvalue weighted by atomic mass is 16.5. The van der Waals surface area contributed by atoms with Gasteiger partial charge in [-0.05, 0) is 82.9 Å². The van der Waals surface area contributed by atoms with Gasteiger partial charge in [-0.25, -0.2) is 0 Å². The third kappa shape index (κ3) is 4.90. The maximum Gasteiger partial charge on any atom is 0.136 e. The molecule has 9 aromatic rings. The Bertz CT molecular complexity index is 2740. The molecule has 0 fully saturated rings. The van der Waals surface area contributed by atoms with Gasteiger partial charge in [0, 0.05) is 38.7 Å². The molecule has 0 spiro atoms. The Morgan fingerprint density at radius 2 is 0.882 bits per heavy atom. The van der Waals surface area contributed by atoms with Gasteiger partial charge in [-0.3, -0.25) is 0 Å². The van der Waals surface area contributed by atoms with Gasteiger partial charge in [0.05, 0.1) is 11.0 Å². The molecular formula is C48H31NO2. The van der Waals surface area contributed by atoms with E-state index in [2.05, 4.69) is 156 Å². The van der Waals surface area contributed by atoms with Crippen molar-refractivity contribution in [1.29, 1.82) is 0 Å². The first-order valence-electron chi connectivity index (χ1n) is 17.3. The highest BCUT2D eigenvalue weighted by Crippen LogP contribution is 2.51. The average Bonchev–Trinajstić information content (AvgIpc) is 3.53. The van der Waals surface area contributed by atoms with Crippen LogP contribution in [0, 0.1) is 0 Å². The third-order valence-corrected chi connectivity index (χ3v) is 9.88. The van der Waals surface area contributed by atoms with Crippen LogP contribution in [0.4, 0.5) is 0 Å². The number of rotatable bonds is 3. The van der Waals surface area contributed by atoms with Crippen LogP contribution in [-0.2, 0) is 0 Å². The molecule has 3 nitrogen and oxygen atoms in total. The van der Waals surface area contributed by atoms with Crippen LogP contribution in [0.2, 0.25) is 0 Å². The Hall–Kier alpha value is -6.84. The SMILES string of the molecule is c1ccc(-c2ccc3c(c2)-c2c(cccc2-c2ccc4c(c2)c2ccccc2n4-c2ccccc2)Oc2ccccc2-c2ccccc2O3)cc1. The largest absolute Gasteiger partial charge is 0.456 e. The summed E-state index contributed by atoms with van der Waals surface area (Å²) in [6.45, 7) is 0. The molecular weight excluding hydrogens is 623 g/mol. The molecule has 51 heavy (non-hydrogen) atoms. The summed E-state index contributed by atoms with van der Waals surface area (Å²) in [6, 6.07) is 65.8. The fourth-order valence-electron chi connectivity index (χ4n) is 7.55. The third-order valence-electron chi connectivity index (χ3n) is 9.88. The normalized spacial score (nSPS) is 11.8. The van der Waals surface area contributed by atoms with E-state index in [1.165, 1.54) is 16.3 Å². The lowest BCUT2D eigenvalue weighted by Gasteiger charge is -2.23. The first-order chi connectivity index (χ1) is 25.3. The lowest BCUT2D eigenvalue weighted by Crippen LogP contribution is -1.99. The Labute approximate surface area is 296 Å². The van der Waals surface area contributed by atoms with Crippen molar-refractivity contribution in [2.75, 3.05) is 0 Å². The molecule has 240 valence electrons. The zero-order valence-corrected chi connectivity index (χ0v) is 27.7. The first-order valence-corrected chi connectivity index (χ1v) is 17.3. The zero-order chi connectivity index (χ0) is 33.7. The highest BCUT2D eigenvalue weighted by Gasteiger charge is 2.24. The van der Waals surface area contributed by atoms with E-state index in [4.69, 9.17) is 9.47 Å². The Morgan fingerprint density at radius 1 is 0.314 bits per heavy atom. The second-order valence-electron chi connectivity index (χ2n) is 12.9. The van der Waals surface area contributed by atoms with Crippen LogP contribution >= 0.6 is 0 Å². The van der Waals surface area contributed by atoms with Gasteiger partial charge in [0.2, 0.25) is 0 Å². The van der Waals surface area contributed by atoms with E-state index in [9.17, 15) is 0 Å².